The highest BCUT2D eigenvalue weighted by molar-refractivity contribution is 5.79. The van der Waals surface area contributed by atoms with Gasteiger partial charge in [0.05, 0.1) is 5.92 Å². The van der Waals surface area contributed by atoms with Gasteiger partial charge in [-0.3, -0.25) is 4.79 Å². The van der Waals surface area contributed by atoms with E-state index in [1.54, 1.807) is 0 Å². The molecule has 2 fully saturated rings. The fourth-order valence-electron chi connectivity index (χ4n) is 3.44. The van der Waals surface area contributed by atoms with Crippen molar-refractivity contribution < 1.29 is 9.32 Å². The third-order valence-electron chi connectivity index (χ3n) is 4.52. The average Bonchev–Trinajstić information content (AvgIpc) is 2.93. The van der Waals surface area contributed by atoms with Crippen molar-refractivity contribution in [1.29, 1.82) is 0 Å². The Hall–Kier alpha value is -1.43. The summed E-state index contributed by atoms with van der Waals surface area (Å²) in [7, 11) is 0. The van der Waals surface area contributed by atoms with E-state index in [1.807, 2.05) is 6.92 Å². The molecule has 2 saturated heterocycles. The van der Waals surface area contributed by atoms with Crippen LogP contribution in [0.15, 0.2) is 4.52 Å². The van der Waals surface area contributed by atoms with Crippen molar-refractivity contribution in [3.63, 3.8) is 0 Å². The predicted molar refractivity (Wildman–Crippen MR) is 77.6 cm³/mol. The van der Waals surface area contributed by atoms with E-state index in [0.717, 1.165) is 64.1 Å². The minimum atomic E-state index is 0.171. The van der Waals surface area contributed by atoms with Gasteiger partial charge in [0.2, 0.25) is 11.8 Å². The highest BCUT2D eigenvalue weighted by Gasteiger charge is 2.30. The van der Waals surface area contributed by atoms with Crippen LogP contribution in [0.1, 0.15) is 37.4 Å². The standard InChI is InChI=1S/C15H24N4O2/c1-11-17-14(18-21-11)8-12-4-3-7-19(10-12)15(20)13-5-2-6-16-9-13/h12-13,16H,2-10H2,1H3/t12-,13-/m0/s1. The van der Waals surface area contributed by atoms with Crippen molar-refractivity contribution in [1.82, 2.24) is 20.4 Å². The zero-order valence-electron chi connectivity index (χ0n) is 12.7. The molecule has 6 nitrogen and oxygen atoms in total. The Morgan fingerprint density at radius 3 is 3.05 bits per heavy atom. The van der Waals surface area contributed by atoms with Crippen LogP contribution in [0, 0.1) is 18.8 Å². The van der Waals surface area contributed by atoms with Gasteiger partial charge in [0.1, 0.15) is 0 Å². The highest BCUT2D eigenvalue weighted by atomic mass is 16.5. The fraction of sp³-hybridized carbons (Fsp3) is 0.800. The molecule has 3 heterocycles. The minimum absolute atomic E-state index is 0.171. The third-order valence-corrected chi connectivity index (χ3v) is 4.52. The molecule has 2 aliphatic heterocycles. The first-order valence-corrected chi connectivity index (χ1v) is 8.01. The molecular weight excluding hydrogens is 268 g/mol. The summed E-state index contributed by atoms with van der Waals surface area (Å²) in [4.78, 5) is 18.9. The Bertz CT molecular complexity index is 482. The molecular formula is C15H24N4O2. The Morgan fingerprint density at radius 1 is 1.43 bits per heavy atom. The van der Waals surface area contributed by atoms with Crippen molar-refractivity contribution in [3.05, 3.63) is 11.7 Å². The number of nitrogens with one attached hydrogen (secondary N) is 1. The number of hydrogen-bond acceptors (Lipinski definition) is 5. The zero-order chi connectivity index (χ0) is 14.7. The van der Waals surface area contributed by atoms with Crippen molar-refractivity contribution in [2.24, 2.45) is 11.8 Å². The first-order valence-electron chi connectivity index (χ1n) is 8.01. The van der Waals surface area contributed by atoms with E-state index in [2.05, 4.69) is 20.4 Å². The summed E-state index contributed by atoms with van der Waals surface area (Å²) in [6.07, 6.45) is 5.16. The van der Waals surface area contributed by atoms with Gasteiger partial charge in [-0.15, -0.1) is 0 Å². The SMILES string of the molecule is Cc1nc(C[C@@H]2CCCN(C(=O)[C@H]3CCCNC3)C2)no1. The molecule has 0 radical (unpaired) electrons. The van der Waals surface area contributed by atoms with Crippen molar-refractivity contribution in [3.8, 4) is 0 Å². The molecule has 1 amide bonds. The van der Waals surface area contributed by atoms with Gasteiger partial charge in [-0.05, 0) is 38.1 Å². The molecule has 0 spiro atoms. The van der Waals surface area contributed by atoms with Crippen LogP contribution in [0.5, 0.6) is 0 Å². The van der Waals surface area contributed by atoms with E-state index in [-0.39, 0.29) is 5.92 Å². The Morgan fingerprint density at radius 2 is 2.33 bits per heavy atom. The lowest BCUT2D eigenvalue weighted by atomic mass is 9.92. The number of piperidine rings is 2. The molecule has 116 valence electrons. The molecule has 0 bridgehead atoms. The summed E-state index contributed by atoms with van der Waals surface area (Å²) < 4.78 is 5.03. The quantitative estimate of drug-likeness (QED) is 0.905. The maximum atomic E-state index is 12.6. The molecule has 1 aromatic heterocycles. The van der Waals surface area contributed by atoms with Gasteiger partial charge in [-0.2, -0.15) is 4.98 Å². The number of nitrogens with zero attached hydrogens (tertiary/aromatic N) is 3. The van der Waals surface area contributed by atoms with Crippen molar-refractivity contribution in [2.45, 2.75) is 39.0 Å². The summed E-state index contributed by atoms with van der Waals surface area (Å²) >= 11 is 0. The predicted octanol–water partition coefficient (Wildman–Crippen LogP) is 1.16. The van der Waals surface area contributed by atoms with Crippen LogP contribution in [0.4, 0.5) is 0 Å². The van der Waals surface area contributed by atoms with Gasteiger partial charge in [0.25, 0.3) is 0 Å². The Kier molecular flexibility index (Phi) is 4.53. The molecule has 0 saturated carbocycles. The molecule has 6 heteroatoms. The lowest BCUT2D eigenvalue weighted by Crippen LogP contribution is -2.47. The number of aromatic nitrogens is 2. The molecule has 3 rings (SSSR count). The Labute approximate surface area is 125 Å². The van der Waals surface area contributed by atoms with E-state index < -0.39 is 0 Å². The summed E-state index contributed by atoms with van der Waals surface area (Å²) in [5.74, 6) is 2.34. The first-order chi connectivity index (χ1) is 10.2. The van der Waals surface area contributed by atoms with Gasteiger partial charge in [0.15, 0.2) is 5.82 Å². The molecule has 1 aromatic rings. The molecule has 2 aliphatic rings. The van der Waals surface area contributed by atoms with E-state index in [9.17, 15) is 4.79 Å². The molecule has 0 aliphatic carbocycles. The van der Waals surface area contributed by atoms with Crippen molar-refractivity contribution in [2.75, 3.05) is 26.2 Å². The summed E-state index contributed by atoms with van der Waals surface area (Å²) in [5, 5.41) is 7.30. The Balaban J connectivity index is 1.56. The maximum absolute atomic E-state index is 12.6. The van der Waals surface area contributed by atoms with Gasteiger partial charge >= 0.3 is 0 Å². The van der Waals surface area contributed by atoms with Gasteiger partial charge < -0.3 is 14.7 Å². The van der Waals surface area contributed by atoms with Crippen LogP contribution in [0.2, 0.25) is 0 Å². The molecule has 0 unspecified atom stereocenters. The number of carbonyl (C=O) groups excluding carboxylic acids is 1. The van der Waals surface area contributed by atoms with E-state index >= 15 is 0 Å². The minimum Gasteiger partial charge on any atom is -0.342 e. The van der Waals surface area contributed by atoms with Crippen LogP contribution >= 0.6 is 0 Å². The van der Waals surface area contributed by atoms with Crippen LogP contribution in [-0.4, -0.2) is 47.1 Å². The molecule has 2 atom stereocenters. The highest BCUT2D eigenvalue weighted by Crippen LogP contribution is 2.23. The molecule has 0 aromatic carbocycles. The average molecular weight is 292 g/mol. The fourth-order valence-corrected chi connectivity index (χ4v) is 3.44. The molecule has 21 heavy (non-hydrogen) atoms. The van der Waals surface area contributed by atoms with Crippen molar-refractivity contribution >= 4 is 5.91 Å². The van der Waals surface area contributed by atoms with Gasteiger partial charge in [0, 0.05) is 33.0 Å². The van der Waals surface area contributed by atoms with Gasteiger partial charge in [-0.1, -0.05) is 5.16 Å². The van der Waals surface area contributed by atoms with Crippen LogP contribution in [0.3, 0.4) is 0 Å². The van der Waals surface area contributed by atoms with E-state index in [1.165, 1.54) is 0 Å². The number of likely N-dealkylation sites (tertiary alicyclic amines) is 1. The van der Waals surface area contributed by atoms with Gasteiger partial charge in [-0.25, -0.2) is 0 Å². The third kappa shape index (κ3) is 3.61. The maximum Gasteiger partial charge on any atom is 0.226 e. The summed E-state index contributed by atoms with van der Waals surface area (Å²) in [5.41, 5.74) is 0. The molecule has 1 N–H and O–H groups in total. The monoisotopic (exact) mass is 292 g/mol. The summed E-state index contributed by atoms with van der Waals surface area (Å²) in [6.45, 7) is 5.43. The second kappa shape index (κ2) is 6.56. The topological polar surface area (TPSA) is 71.3 Å². The summed E-state index contributed by atoms with van der Waals surface area (Å²) in [6, 6.07) is 0. The smallest absolute Gasteiger partial charge is 0.226 e. The first kappa shape index (κ1) is 14.5. The van der Waals surface area contributed by atoms with E-state index in [0.29, 0.717) is 17.7 Å². The lowest BCUT2D eigenvalue weighted by Gasteiger charge is -2.35. The number of rotatable bonds is 3. The second-order valence-electron chi connectivity index (χ2n) is 6.27. The largest absolute Gasteiger partial charge is 0.342 e. The second-order valence-corrected chi connectivity index (χ2v) is 6.27. The number of hydrogen-bond donors (Lipinski definition) is 1. The normalized spacial score (nSPS) is 26.8. The van der Waals surface area contributed by atoms with Crippen LogP contribution < -0.4 is 5.32 Å². The van der Waals surface area contributed by atoms with Crippen LogP contribution in [0.25, 0.3) is 0 Å². The zero-order valence-corrected chi connectivity index (χ0v) is 12.7. The lowest BCUT2D eigenvalue weighted by molar-refractivity contribution is -0.137. The number of amides is 1. The number of aryl methyl sites for hydroxylation is 1. The van der Waals surface area contributed by atoms with Crippen LogP contribution in [-0.2, 0) is 11.2 Å². The number of carbonyl (C=O) groups is 1. The van der Waals surface area contributed by atoms with E-state index in [4.69, 9.17) is 4.52 Å².